The average molecular weight is 352 g/mol. The van der Waals surface area contributed by atoms with Crippen molar-refractivity contribution in [2.45, 2.75) is 18.9 Å². The summed E-state index contributed by atoms with van der Waals surface area (Å²) in [6, 6.07) is 5.04. The molecule has 1 N–H and O–H groups in total. The number of carbonyl (C=O) groups excluding carboxylic acids is 1. The molecule has 4 nitrogen and oxygen atoms in total. The SMILES string of the molecule is O=C(Nc1cccc(OC(F)(F)F)c1)C1CC=C(Br)O1. The van der Waals surface area contributed by atoms with Gasteiger partial charge in [-0.2, -0.15) is 0 Å². The summed E-state index contributed by atoms with van der Waals surface area (Å²) in [4.78, 5) is 11.8. The number of amides is 1. The Morgan fingerprint density at radius 2 is 2.20 bits per heavy atom. The third-order valence-electron chi connectivity index (χ3n) is 2.37. The summed E-state index contributed by atoms with van der Waals surface area (Å²) in [7, 11) is 0. The van der Waals surface area contributed by atoms with E-state index in [1.165, 1.54) is 12.1 Å². The normalized spacial score (nSPS) is 18.2. The highest BCUT2D eigenvalue weighted by Crippen LogP contribution is 2.26. The van der Waals surface area contributed by atoms with Crippen LogP contribution >= 0.6 is 15.9 Å². The Bertz CT molecular complexity index is 545. The maximum Gasteiger partial charge on any atom is 0.573 e. The molecule has 1 heterocycles. The van der Waals surface area contributed by atoms with Gasteiger partial charge in [-0.15, -0.1) is 13.2 Å². The van der Waals surface area contributed by atoms with Crippen LogP contribution < -0.4 is 10.1 Å². The van der Waals surface area contributed by atoms with E-state index in [9.17, 15) is 18.0 Å². The number of alkyl halides is 3. The summed E-state index contributed by atoms with van der Waals surface area (Å²) in [5.74, 6) is -0.846. The third-order valence-corrected chi connectivity index (χ3v) is 2.89. The summed E-state index contributed by atoms with van der Waals surface area (Å²) < 4.78 is 45.6. The number of hydrogen-bond acceptors (Lipinski definition) is 3. The van der Waals surface area contributed by atoms with Gasteiger partial charge in [0.15, 0.2) is 10.8 Å². The lowest BCUT2D eigenvalue weighted by atomic mass is 10.2. The first-order valence-electron chi connectivity index (χ1n) is 5.52. The molecule has 0 saturated heterocycles. The highest BCUT2D eigenvalue weighted by atomic mass is 79.9. The summed E-state index contributed by atoms with van der Waals surface area (Å²) >= 11 is 3.09. The van der Waals surface area contributed by atoms with Crippen molar-refractivity contribution in [2.24, 2.45) is 0 Å². The zero-order valence-corrected chi connectivity index (χ0v) is 11.5. The summed E-state index contributed by atoms with van der Waals surface area (Å²) in [5, 5.41) is 2.47. The lowest BCUT2D eigenvalue weighted by Crippen LogP contribution is -2.27. The first-order chi connectivity index (χ1) is 9.33. The molecule has 108 valence electrons. The molecule has 2 rings (SSSR count). The lowest BCUT2D eigenvalue weighted by molar-refractivity contribution is -0.274. The molecule has 0 radical (unpaired) electrons. The number of benzene rings is 1. The van der Waals surface area contributed by atoms with Crippen LogP contribution in [-0.2, 0) is 9.53 Å². The van der Waals surface area contributed by atoms with Crippen molar-refractivity contribution in [1.29, 1.82) is 0 Å². The Hall–Kier alpha value is -1.70. The van der Waals surface area contributed by atoms with Gasteiger partial charge in [0.2, 0.25) is 0 Å². The van der Waals surface area contributed by atoms with Crippen LogP contribution in [0.25, 0.3) is 0 Å². The van der Waals surface area contributed by atoms with Crippen LogP contribution in [0.3, 0.4) is 0 Å². The Balaban J connectivity index is 1.99. The Kier molecular flexibility index (Phi) is 4.22. The van der Waals surface area contributed by atoms with Gasteiger partial charge in [0.1, 0.15) is 5.75 Å². The van der Waals surface area contributed by atoms with Crippen molar-refractivity contribution in [3.8, 4) is 5.75 Å². The molecular weight excluding hydrogens is 343 g/mol. The number of anilines is 1. The number of nitrogens with one attached hydrogen (secondary N) is 1. The second-order valence-corrected chi connectivity index (χ2v) is 4.70. The molecule has 0 aromatic heterocycles. The number of ether oxygens (including phenoxy) is 2. The van der Waals surface area contributed by atoms with Gasteiger partial charge in [-0.05, 0) is 34.1 Å². The highest BCUT2D eigenvalue weighted by Gasteiger charge is 2.31. The van der Waals surface area contributed by atoms with Crippen LogP contribution in [0.5, 0.6) is 5.75 Å². The maximum atomic E-state index is 12.1. The molecule has 0 fully saturated rings. The van der Waals surface area contributed by atoms with Crippen molar-refractivity contribution < 1.29 is 27.4 Å². The Morgan fingerprint density at radius 3 is 2.80 bits per heavy atom. The second kappa shape index (κ2) is 5.74. The molecule has 1 unspecified atom stereocenters. The minimum atomic E-state index is -4.77. The van der Waals surface area contributed by atoms with E-state index in [-0.39, 0.29) is 5.69 Å². The molecule has 20 heavy (non-hydrogen) atoms. The molecule has 0 saturated carbocycles. The topological polar surface area (TPSA) is 47.6 Å². The zero-order chi connectivity index (χ0) is 14.8. The van der Waals surface area contributed by atoms with Crippen molar-refractivity contribution in [3.63, 3.8) is 0 Å². The monoisotopic (exact) mass is 351 g/mol. The summed E-state index contributed by atoms with van der Waals surface area (Å²) in [6.45, 7) is 0. The summed E-state index contributed by atoms with van der Waals surface area (Å²) in [5.41, 5.74) is 0.198. The van der Waals surface area contributed by atoms with Crippen LogP contribution in [0.15, 0.2) is 35.0 Å². The fraction of sp³-hybridized carbons (Fsp3) is 0.250. The Labute approximate surface area is 120 Å². The van der Waals surface area contributed by atoms with Gasteiger partial charge in [0.05, 0.1) is 0 Å². The van der Waals surface area contributed by atoms with Crippen molar-refractivity contribution >= 4 is 27.5 Å². The molecule has 0 bridgehead atoms. The molecular formula is C12H9BrF3NO3. The molecule has 0 aliphatic carbocycles. The first-order valence-corrected chi connectivity index (χ1v) is 6.32. The number of carbonyl (C=O) groups is 1. The van der Waals surface area contributed by atoms with E-state index in [1.54, 1.807) is 6.08 Å². The Morgan fingerprint density at radius 1 is 1.45 bits per heavy atom. The van der Waals surface area contributed by atoms with Crippen molar-refractivity contribution in [2.75, 3.05) is 5.32 Å². The molecule has 1 aliphatic rings. The number of rotatable bonds is 3. The molecule has 1 amide bonds. The van der Waals surface area contributed by atoms with E-state index in [0.717, 1.165) is 12.1 Å². The van der Waals surface area contributed by atoms with Crippen molar-refractivity contribution in [1.82, 2.24) is 0 Å². The van der Waals surface area contributed by atoms with Gasteiger partial charge in [0, 0.05) is 18.2 Å². The minimum absolute atomic E-state index is 0.198. The zero-order valence-electron chi connectivity index (χ0n) is 9.91. The van der Waals surface area contributed by atoms with Gasteiger partial charge in [0.25, 0.3) is 5.91 Å². The lowest BCUT2D eigenvalue weighted by Gasteiger charge is -2.13. The minimum Gasteiger partial charge on any atom is -0.474 e. The number of halogens is 4. The first kappa shape index (κ1) is 14.7. The summed E-state index contributed by atoms with van der Waals surface area (Å²) in [6.07, 6.45) is -3.39. The van der Waals surface area contributed by atoms with Crippen LogP contribution in [0.1, 0.15) is 6.42 Å². The van der Waals surface area contributed by atoms with E-state index in [0.29, 0.717) is 11.1 Å². The van der Waals surface area contributed by atoms with Crippen LogP contribution in [0, 0.1) is 0 Å². The van der Waals surface area contributed by atoms with Gasteiger partial charge in [-0.3, -0.25) is 4.79 Å². The van der Waals surface area contributed by atoms with E-state index in [1.807, 2.05) is 0 Å². The second-order valence-electron chi connectivity index (χ2n) is 3.92. The quantitative estimate of drug-likeness (QED) is 0.905. The van der Waals surface area contributed by atoms with E-state index in [4.69, 9.17) is 4.74 Å². The predicted octanol–water partition coefficient (Wildman–Crippen LogP) is 3.55. The van der Waals surface area contributed by atoms with Crippen LogP contribution in [-0.4, -0.2) is 18.4 Å². The molecule has 0 spiro atoms. The largest absolute Gasteiger partial charge is 0.573 e. The molecule has 1 aromatic carbocycles. The van der Waals surface area contributed by atoms with Crippen LogP contribution in [0.4, 0.5) is 18.9 Å². The smallest absolute Gasteiger partial charge is 0.474 e. The average Bonchev–Trinajstić information content (AvgIpc) is 2.74. The fourth-order valence-corrected chi connectivity index (χ4v) is 2.00. The molecule has 1 aromatic rings. The standard InChI is InChI=1S/C12H9BrF3NO3/c13-10-5-4-9(19-10)11(18)17-7-2-1-3-8(6-7)20-12(14,15)16/h1-3,5-6,9H,4H2,(H,17,18). The molecule has 1 atom stereocenters. The third kappa shape index (κ3) is 4.16. The van der Waals surface area contributed by atoms with E-state index < -0.39 is 24.1 Å². The van der Waals surface area contributed by atoms with Gasteiger partial charge < -0.3 is 14.8 Å². The van der Waals surface area contributed by atoms with Crippen molar-refractivity contribution in [3.05, 3.63) is 35.0 Å². The molecule has 8 heteroatoms. The molecule has 1 aliphatic heterocycles. The predicted molar refractivity (Wildman–Crippen MR) is 68.3 cm³/mol. The van der Waals surface area contributed by atoms with Gasteiger partial charge in [-0.25, -0.2) is 0 Å². The number of hydrogen-bond donors (Lipinski definition) is 1. The van der Waals surface area contributed by atoms with Gasteiger partial charge >= 0.3 is 6.36 Å². The van der Waals surface area contributed by atoms with Gasteiger partial charge in [-0.1, -0.05) is 6.07 Å². The van der Waals surface area contributed by atoms with Crippen LogP contribution in [0.2, 0.25) is 0 Å². The van der Waals surface area contributed by atoms with E-state index in [2.05, 4.69) is 26.0 Å². The van der Waals surface area contributed by atoms with E-state index >= 15 is 0 Å². The highest BCUT2D eigenvalue weighted by molar-refractivity contribution is 9.11. The maximum absolute atomic E-state index is 12.1. The fourth-order valence-electron chi connectivity index (χ4n) is 1.59.